The highest BCUT2D eigenvalue weighted by molar-refractivity contribution is 14.1. The van der Waals surface area contributed by atoms with Gasteiger partial charge in [-0.1, -0.05) is 43.0 Å². The van der Waals surface area contributed by atoms with E-state index in [1.165, 1.54) is 7.11 Å². The Morgan fingerprint density at radius 3 is 1.76 bits per heavy atom. The van der Waals surface area contributed by atoms with Crippen LogP contribution in [0.3, 0.4) is 0 Å². The summed E-state index contributed by atoms with van der Waals surface area (Å²) in [5.41, 5.74) is -1.03. The monoisotopic (exact) mass is 584 g/mol. The van der Waals surface area contributed by atoms with E-state index in [2.05, 4.69) is 29.2 Å². The van der Waals surface area contributed by atoms with Gasteiger partial charge in [-0.2, -0.15) is 0 Å². The second-order valence-electron chi connectivity index (χ2n) is 10.5. The molecule has 2 aliphatic rings. The normalized spacial score (nSPS) is 32.0. The molecule has 9 heteroatoms. The molecule has 0 N–H and O–H groups in total. The molecule has 0 aliphatic carbocycles. The molecule has 0 radical (unpaired) electrons. The Morgan fingerprint density at radius 1 is 0.909 bits per heavy atom. The van der Waals surface area contributed by atoms with Crippen LogP contribution in [0.5, 0.6) is 0 Å². The van der Waals surface area contributed by atoms with Crippen LogP contribution in [-0.2, 0) is 38.0 Å². The molecule has 0 amide bonds. The van der Waals surface area contributed by atoms with Gasteiger partial charge in [-0.3, -0.25) is 9.59 Å². The quantitative estimate of drug-likeness (QED) is 0.266. The van der Waals surface area contributed by atoms with Gasteiger partial charge in [0.2, 0.25) is 6.29 Å². The van der Waals surface area contributed by atoms with Crippen molar-refractivity contribution in [3.05, 3.63) is 12.3 Å². The summed E-state index contributed by atoms with van der Waals surface area (Å²) in [6, 6.07) is 0. The Bertz CT molecular complexity index is 679. The Kier molecular flexibility index (Phi) is 11.1. The van der Waals surface area contributed by atoms with Gasteiger partial charge >= 0.3 is 11.9 Å². The van der Waals surface area contributed by atoms with Crippen LogP contribution < -0.4 is 0 Å². The smallest absolute Gasteiger partial charge is 0.311 e. The van der Waals surface area contributed by atoms with Crippen molar-refractivity contribution in [1.29, 1.82) is 0 Å². The Morgan fingerprint density at radius 2 is 1.36 bits per heavy atom. The first kappa shape index (κ1) is 30.1. The van der Waals surface area contributed by atoms with Crippen molar-refractivity contribution in [3.8, 4) is 0 Å². The van der Waals surface area contributed by atoms with E-state index in [-0.39, 0.29) is 36.0 Å². The molecule has 0 bridgehead atoms. The number of methoxy groups -OCH3 is 2. The minimum absolute atomic E-state index is 0.0451. The van der Waals surface area contributed by atoms with Crippen LogP contribution in [0.2, 0.25) is 0 Å². The number of hydrogen-bond donors (Lipinski definition) is 0. The molecule has 192 valence electrons. The first-order chi connectivity index (χ1) is 15.1. The maximum atomic E-state index is 11.9. The van der Waals surface area contributed by atoms with Gasteiger partial charge < -0.3 is 28.4 Å². The molecule has 0 aromatic rings. The fourth-order valence-corrected chi connectivity index (χ4v) is 4.06. The summed E-state index contributed by atoms with van der Waals surface area (Å²) in [6.07, 6.45) is -1.64. The zero-order valence-corrected chi connectivity index (χ0v) is 23.8. The molecule has 2 heterocycles. The molecule has 0 unspecified atom stereocenters. The summed E-state index contributed by atoms with van der Waals surface area (Å²) in [5.74, 6) is 0.233. The lowest BCUT2D eigenvalue weighted by atomic mass is 9.96. The van der Waals surface area contributed by atoms with Crippen molar-refractivity contribution in [2.24, 2.45) is 22.7 Å². The van der Waals surface area contributed by atoms with E-state index < -0.39 is 29.5 Å². The fraction of sp³-hybridized carbons (Fsp3) is 0.833. The number of esters is 2. The molecule has 33 heavy (non-hydrogen) atoms. The van der Waals surface area contributed by atoms with Gasteiger partial charge in [0.05, 0.1) is 28.6 Å². The number of halogens is 1. The van der Waals surface area contributed by atoms with Crippen LogP contribution in [0.4, 0.5) is 0 Å². The first-order valence-corrected chi connectivity index (χ1v) is 12.7. The van der Waals surface area contributed by atoms with Crippen molar-refractivity contribution in [2.45, 2.75) is 86.3 Å². The van der Waals surface area contributed by atoms with Gasteiger partial charge in [-0.05, 0) is 41.5 Å². The average molecular weight is 584 g/mol. The third-order valence-corrected chi connectivity index (χ3v) is 6.41. The van der Waals surface area contributed by atoms with Crippen molar-refractivity contribution in [3.63, 3.8) is 0 Å². The SMILES string of the molecule is C=C1O[C@@H](OC)[C@H](OC(=O)C(C)(C)C)[C@@H]1C.CO[C@@H]1O[C@H](CI)[C@@H](C)[C@H]1OC(=O)C(C)(C)C. The number of carbonyl (C=O) groups excluding carboxylic acids is 2. The fourth-order valence-electron chi connectivity index (χ4n) is 3.05. The Hall–Kier alpha value is -0.910. The average Bonchev–Trinajstić information content (AvgIpc) is 3.17. The van der Waals surface area contributed by atoms with Gasteiger partial charge in [0, 0.05) is 24.6 Å². The van der Waals surface area contributed by atoms with Crippen LogP contribution in [0.15, 0.2) is 12.3 Å². The van der Waals surface area contributed by atoms with Gasteiger partial charge in [0.15, 0.2) is 18.5 Å². The zero-order chi connectivity index (χ0) is 25.7. The standard InChI is InChI=1S/C12H21IO4.C12H20O4/c1-7-8(6-13)16-10(15-5)9(7)17-11(14)12(2,3)4;1-7-8(2)15-10(14-6)9(7)16-11(13)12(3,4)5/h7-10H,6H2,1-5H3;7,9-10H,2H2,1,3-6H3/t7-,8-,9-,10-;7-,9-,10-/m11/s1. The highest BCUT2D eigenvalue weighted by Gasteiger charge is 2.45. The lowest BCUT2D eigenvalue weighted by Gasteiger charge is -2.25. The number of ether oxygens (including phenoxy) is 6. The molecule has 7 atom stereocenters. The number of rotatable bonds is 5. The third-order valence-electron chi connectivity index (χ3n) is 5.55. The minimum atomic E-state index is -0.547. The maximum absolute atomic E-state index is 11.9. The van der Waals surface area contributed by atoms with E-state index in [1.54, 1.807) is 7.11 Å². The number of carbonyl (C=O) groups is 2. The van der Waals surface area contributed by atoms with Crippen LogP contribution in [0.1, 0.15) is 55.4 Å². The number of hydrogen-bond acceptors (Lipinski definition) is 8. The first-order valence-electron chi connectivity index (χ1n) is 11.1. The lowest BCUT2D eigenvalue weighted by molar-refractivity contribution is -0.184. The van der Waals surface area contributed by atoms with Crippen molar-refractivity contribution in [1.82, 2.24) is 0 Å². The summed E-state index contributed by atoms with van der Waals surface area (Å²) in [7, 11) is 3.10. The summed E-state index contributed by atoms with van der Waals surface area (Å²) < 4.78 is 33.2. The Labute approximate surface area is 212 Å². The van der Waals surface area contributed by atoms with Gasteiger partial charge in [-0.25, -0.2) is 0 Å². The lowest BCUT2D eigenvalue weighted by Crippen LogP contribution is -2.36. The molecular formula is C24H41IO8. The summed E-state index contributed by atoms with van der Waals surface area (Å²) in [6.45, 7) is 18.7. The molecule has 0 spiro atoms. The molecule has 0 aromatic heterocycles. The van der Waals surface area contributed by atoms with Gasteiger partial charge in [-0.15, -0.1) is 0 Å². The van der Waals surface area contributed by atoms with Crippen LogP contribution in [0.25, 0.3) is 0 Å². The van der Waals surface area contributed by atoms with Crippen LogP contribution >= 0.6 is 22.6 Å². The summed E-state index contributed by atoms with van der Waals surface area (Å²) in [5, 5.41) is 0. The second-order valence-corrected chi connectivity index (χ2v) is 11.4. The van der Waals surface area contributed by atoms with Gasteiger partial charge in [0.1, 0.15) is 0 Å². The van der Waals surface area contributed by atoms with E-state index >= 15 is 0 Å². The molecule has 2 fully saturated rings. The van der Waals surface area contributed by atoms with E-state index in [9.17, 15) is 9.59 Å². The minimum Gasteiger partial charge on any atom is -0.465 e. The molecule has 8 nitrogen and oxygen atoms in total. The predicted octanol–water partition coefficient (Wildman–Crippen LogP) is 4.48. The molecular weight excluding hydrogens is 543 g/mol. The second kappa shape index (κ2) is 12.2. The van der Waals surface area contributed by atoms with Gasteiger partial charge in [0.25, 0.3) is 0 Å². The third kappa shape index (κ3) is 8.07. The van der Waals surface area contributed by atoms with E-state index in [4.69, 9.17) is 28.4 Å². The summed E-state index contributed by atoms with van der Waals surface area (Å²) in [4.78, 5) is 23.7. The van der Waals surface area contributed by atoms with Crippen molar-refractivity contribution in [2.75, 3.05) is 18.6 Å². The van der Waals surface area contributed by atoms with Crippen molar-refractivity contribution < 1.29 is 38.0 Å². The molecule has 2 saturated heterocycles. The van der Waals surface area contributed by atoms with E-state index in [0.717, 1.165) is 4.43 Å². The highest BCUT2D eigenvalue weighted by Crippen LogP contribution is 2.34. The van der Waals surface area contributed by atoms with Crippen LogP contribution in [0, 0.1) is 22.7 Å². The highest BCUT2D eigenvalue weighted by atomic mass is 127. The number of alkyl halides is 1. The topological polar surface area (TPSA) is 89.5 Å². The summed E-state index contributed by atoms with van der Waals surface area (Å²) >= 11 is 2.27. The van der Waals surface area contributed by atoms with Crippen molar-refractivity contribution >= 4 is 34.5 Å². The molecule has 0 aromatic carbocycles. The zero-order valence-electron chi connectivity index (χ0n) is 21.6. The Balaban J connectivity index is 0.000000331. The molecule has 0 saturated carbocycles. The molecule has 2 aliphatic heterocycles. The van der Waals surface area contributed by atoms with E-state index in [0.29, 0.717) is 5.76 Å². The van der Waals surface area contributed by atoms with E-state index in [1.807, 2.05) is 55.4 Å². The molecule has 2 rings (SSSR count). The maximum Gasteiger partial charge on any atom is 0.311 e. The largest absolute Gasteiger partial charge is 0.465 e. The predicted molar refractivity (Wildman–Crippen MR) is 133 cm³/mol. The van der Waals surface area contributed by atoms with Crippen LogP contribution in [-0.4, -0.2) is 61.5 Å².